The van der Waals surface area contributed by atoms with E-state index >= 15 is 13.2 Å². The monoisotopic (exact) mass is 716 g/mol. The lowest BCUT2D eigenvalue weighted by molar-refractivity contribution is -0.148. The van der Waals surface area contributed by atoms with Crippen molar-refractivity contribution in [1.29, 1.82) is 0 Å². The Morgan fingerprint density at radius 2 is 1.72 bits per heavy atom. The van der Waals surface area contributed by atoms with E-state index in [0.29, 0.717) is 37.3 Å². The molecule has 4 amide bonds. The molecule has 11 nitrogen and oxygen atoms in total. The van der Waals surface area contributed by atoms with Gasteiger partial charge >= 0.3 is 5.92 Å². The largest absolute Gasteiger partial charge is 0.481 e. The van der Waals surface area contributed by atoms with Gasteiger partial charge in [0.05, 0.1) is 12.8 Å². The second kappa shape index (κ2) is 16.8. The predicted octanol–water partition coefficient (Wildman–Crippen LogP) is 4.11. The number of methoxy groups -OCH3 is 1. The van der Waals surface area contributed by atoms with Crippen LogP contribution in [0.2, 0.25) is 5.02 Å². The van der Waals surface area contributed by atoms with Gasteiger partial charge in [-0.2, -0.15) is 8.78 Å². The third kappa shape index (κ3) is 9.30. The Kier molecular flexibility index (Phi) is 12.8. The molecule has 1 aliphatic rings. The molecule has 3 atom stereocenters. The molecule has 1 aliphatic heterocycles. The molecule has 0 radical (unpaired) electrons. The first-order valence-electron chi connectivity index (χ1n) is 16.0. The van der Waals surface area contributed by atoms with Crippen molar-refractivity contribution in [3.05, 3.63) is 88.3 Å². The number of nitrogens with zero attached hydrogens (tertiary/aromatic N) is 3. The second-order valence-electron chi connectivity index (χ2n) is 12.0. The van der Waals surface area contributed by atoms with Gasteiger partial charge in [-0.05, 0) is 42.4 Å². The van der Waals surface area contributed by atoms with Crippen LogP contribution in [0.15, 0.2) is 60.8 Å². The first-order chi connectivity index (χ1) is 23.7. The van der Waals surface area contributed by atoms with Crippen molar-refractivity contribution in [2.45, 2.75) is 50.6 Å². The normalized spacial score (nSPS) is 15.4. The third-order valence-corrected chi connectivity index (χ3v) is 8.96. The molecular formula is C35H40ClF3N6O5. The number of nitrogens with one attached hydrogen (secondary N) is 3. The molecule has 2 aromatic carbocycles. The molecule has 0 saturated carbocycles. The van der Waals surface area contributed by atoms with E-state index < -0.39 is 47.1 Å². The summed E-state index contributed by atoms with van der Waals surface area (Å²) >= 11 is 6.27. The number of ether oxygens (including phenoxy) is 1. The molecule has 4 rings (SSSR count). The van der Waals surface area contributed by atoms with Crippen LogP contribution in [0.1, 0.15) is 42.9 Å². The summed E-state index contributed by atoms with van der Waals surface area (Å²) in [5.74, 6) is -8.96. The van der Waals surface area contributed by atoms with Crippen LogP contribution in [0.4, 0.5) is 18.9 Å². The average molecular weight is 717 g/mol. The molecule has 2 heterocycles. The molecule has 0 unspecified atom stereocenters. The van der Waals surface area contributed by atoms with Crippen molar-refractivity contribution in [1.82, 2.24) is 25.4 Å². The number of halogens is 4. The molecule has 1 fully saturated rings. The van der Waals surface area contributed by atoms with Crippen LogP contribution >= 0.6 is 11.6 Å². The highest BCUT2D eigenvalue weighted by molar-refractivity contribution is 6.31. The number of piperazine rings is 1. The van der Waals surface area contributed by atoms with Gasteiger partial charge in [0, 0.05) is 67.8 Å². The number of carbonyl (C=O) groups excluding carboxylic acids is 4. The Hall–Kier alpha value is -4.69. The quantitative estimate of drug-likeness (QED) is 0.243. The molecule has 1 aromatic heterocycles. The summed E-state index contributed by atoms with van der Waals surface area (Å²) in [6, 6.07) is 9.83. The van der Waals surface area contributed by atoms with E-state index in [1.165, 1.54) is 31.4 Å². The van der Waals surface area contributed by atoms with Crippen LogP contribution in [-0.4, -0.2) is 90.8 Å². The predicted molar refractivity (Wildman–Crippen MR) is 182 cm³/mol. The Morgan fingerprint density at radius 1 is 1.02 bits per heavy atom. The fourth-order valence-corrected chi connectivity index (χ4v) is 5.60. The number of aromatic nitrogens is 1. The summed E-state index contributed by atoms with van der Waals surface area (Å²) in [5, 5.41) is 7.47. The number of amides is 4. The van der Waals surface area contributed by atoms with E-state index in [0.717, 1.165) is 18.3 Å². The minimum atomic E-state index is -4.09. The van der Waals surface area contributed by atoms with Crippen molar-refractivity contribution in [3.8, 4) is 5.88 Å². The molecule has 0 aliphatic carbocycles. The van der Waals surface area contributed by atoms with Crippen LogP contribution in [0.25, 0.3) is 0 Å². The highest BCUT2D eigenvalue weighted by Crippen LogP contribution is 2.30. The van der Waals surface area contributed by atoms with Gasteiger partial charge < -0.3 is 30.5 Å². The maximum Gasteiger partial charge on any atom is 0.351 e. The van der Waals surface area contributed by atoms with Gasteiger partial charge in [0.1, 0.15) is 17.9 Å². The highest BCUT2D eigenvalue weighted by atomic mass is 35.5. The van der Waals surface area contributed by atoms with Crippen LogP contribution in [0, 0.1) is 5.82 Å². The number of pyridine rings is 1. The first-order valence-corrected chi connectivity index (χ1v) is 16.4. The zero-order chi connectivity index (χ0) is 36.6. The number of alkyl halides is 2. The standard InChI is InChI=1S/C35H40ClF3N6O5/c1-5-29(46)43-31(33(48)45-16-14-44(3)15-17-45)21(2)22-10-12-27(26(37)18-22)41-32(47)28(19-23-8-6-7-9-25(23)36)42-34(49)35(38,39)24-11-13-30(50-4)40-20-24/h6-13,18,20-21,28,31H,5,14-17,19H2,1-4H3,(H,41,47)(H,42,49)(H,43,46)/t21-,28-,31+/m0/s1. The lowest BCUT2D eigenvalue weighted by atomic mass is 9.91. The topological polar surface area (TPSA) is 133 Å². The Labute approximate surface area is 293 Å². The van der Waals surface area contributed by atoms with Gasteiger partial charge in [0.25, 0.3) is 5.91 Å². The highest BCUT2D eigenvalue weighted by Gasteiger charge is 2.43. The minimum absolute atomic E-state index is 0.0613. The van der Waals surface area contributed by atoms with Gasteiger partial charge in [0.2, 0.25) is 23.6 Å². The molecular weight excluding hydrogens is 677 g/mol. The number of hydrogen-bond donors (Lipinski definition) is 3. The minimum Gasteiger partial charge on any atom is -0.481 e. The molecule has 1 saturated heterocycles. The number of rotatable bonds is 13. The lowest BCUT2D eigenvalue weighted by Gasteiger charge is -2.36. The summed E-state index contributed by atoms with van der Waals surface area (Å²) in [6.45, 7) is 5.66. The fraction of sp³-hybridized carbons (Fsp3) is 0.400. The smallest absolute Gasteiger partial charge is 0.351 e. The first kappa shape index (κ1) is 38.1. The Balaban J connectivity index is 1.56. The molecule has 50 heavy (non-hydrogen) atoms. The van der Waals surface area contributed by atoms with E-state index in [1.807, 2.05) is 7.05 Å². The summed E-state index contributed by atoms with van der Waals surface area (Å²) in [7, 11) is 3.26. The maximum atomic E-state index is 15.6. The zero-order valence-electron chi connectivity index (χ0n) is 28.1. The van der Waals surface area contributed by atoms with Gasteiger partial charge in [-0.3, -0.25) is 19.2 Å². The Bertz CT molecular complexity index is 1690. The summed E-state index contributed by atoms with van der Waals surface area (Å²) in [4.78, 5) is 59.9. The Morgan fingerprint density at radius 3 is 2.32 bits per heavy atom. The average Bonchev–Trinajstić information content (AvgIpc) is 3.11. The van der Waals surface area contributed by atoms with Gasteiger partial charge in [-0.25, -0.2) is 9.37 Å². The second-order valence-corrected chi connectivity index (χ2v) is 12.4. The van der Waals surface area contributed by atoms with Gasteiger partial charge in [-0.15, -0.1) is 0 Å². The van der Waals surface area contributed by atoms with Gasteiger partial charge in [0.15, 0.2) is 0 Å². The van der Waals surface area contributed by atoms with Crippen LogP contribution in [0.3, 0.4) is 0 Å². The summed E-state index contributed by atoms with van der Waals surface area (Å²) in [6.07, 6.45) is 0.641. The van der Waals surface area contributed by atoms with Crippen molar-refractivity contribution in [3.63, 3.8) is 0 Å². The van der Waals surface area contributed by atoms with Crippen molar-refractivity contribution < 1.29 is 37.1 Å². The van der Waals surface area contributed by atoms with E-state index in [-0.39, 0.29) is 41.2 Å². The van der Waals surface area contributed by atoms with Crippen molar-refractivity contribution >= 4 is 40.9 Å². The third-order valence-electron chi connectivity index (χ3n) is 8.59. The number of benzene rings is 2. The van der Waals surface area contributed by atoms with Crippen molar-refractivity contribution in [2.75, 3.05) is 45.7 Å². The lowest BCUT2D eigenvalue weighted by Crippen LogP contribution is -2.55. The van der Waals surface area contributed by atoms with Crippen LogP contribution in [0.5, 0.6) is 5.88 Å². The summed E-state index contributed by atoms with van der Waals surface area (Å²) < 4.78 is 51.0. The molecule has 3 N–H and O–H groups in total. The number of hydrogen-bond acceptors (Lipinski definition) is 7. The summed E-state index contributed by atoms with van der Waals surface area (Å²) in [5.41, 5.74) is -0.282. The molecule has 268 valence electrons. The molecule has 0 spiro atoms. The maximum absolute atomic E-state index is 15.6. The number of likely N-dealkylation sites (N-methyl/N-ethyl adjacent to an activating group) is 1. The van der Waals surface area contributed by atoms with Crippen LogP contribution in [-0.2, 0) is 31.5 Å². The SMILES string of the molecule is CCC(=O)N[C@@H](C(=O)N1CCN(C)CC1)[C@@H](C)c1ccc(NC(=O)[C@H](Cc2ccccc2Cl)NC(=O)C(F)(F)c2ccc(OC)nc2)c(F)c1. The number of anilines is 1. The fourth-order valence-electron chi connectivity index (χ4n) is 5.39. The van der Waals surface area contributed by atoms with Crippen LogP contribution < -0.4 is 20.7 Å². The molecule has 15 heteroatoms. The van der Waals surface area contributed by atoms with Gasteiger partial charge in [-0.1, -0.05) is 49.7 Å². The van der Waals surface area contributed by atoms with E-state index in [4.69, 9.17) is 16.3 Å². The molecule has 0 bridgehead atoms. The van der Waals surface area contributed by atoms with E-state index in [2.05, 4.69) is 25.8 Å². The van der Waals surface area contributed by atoms with Crippen molar-refractivity contribution in [2.24, 2.45) is 0 Å². The van der Waals surface area contributed by atoms with E-state index in [9.17, 15) is 19.2 Å². The number of carbonyl (C=O) groups is 4. The molecule has 3 aromatic rings. The van der Waals surface area contributed by atoms with E-state index in [1.54, 1.807) is 36.9 Å². The zero-order valence-corrected chi connectivity index (χ0v) is 28.9.